The quantitative estimate of drug-likeness (QED) is 0.674. The van der Waals surface area contributed by atoms with Crippen molar-refractivity contribution in [1.82, 2.24) is 10.3 Å². The molecule has 1 aromatic carbocycles. The second-order valence-electron chi connectivity index (χ2n) is 6.82. The van der Waals surface area contributed by atoms with Crippen molar-refractivity contribution in [3.05, 3.63) is 58.6 Å². The number of aromatic nitrogens is 1. The van der Waals surface area contributed by atoms with Gasteiger partial charge in [-0.15, -0.1) is 0 Å². The first-order valence-electron chi connectivity index (χ1n) is 8.83. The number of carboxylic acid groups (broad SMARTS) is 1. The van der Waals surface area contributed by atoms with Crippen LogP contribution in [0.4, 0.5) is 14.9 Å². The van der Waals surface area contributed by atoms with Crippen molar-refractivity contribution in [2.24, 2.45) is 10.9 Å². The molecule has 0 spiro atoms. The summed E-state index contributed by atoms with van der Waals surface area (Å²) in [6, 6.07) is 7.35. The van der Waals surface area contributed by atoms with Crippen molar-refractivity contribution >= 4 is 46.2 Å². The third-order valence-corrected chi connectivity index (χ3v) is 6.07. The zero-order valence-corrected chi connectivity index (χ0v) is 16.6. The minimum absolute atomic E-state index is 0.126. The Labute approximate surface area is 174 Å². The highest BCUT2D eigenvalue weighted by atomic mass is 35.5. The topological polar surface area (TPSA) is 104 Å². The number of nitrogens with zero attached hydrogens (tertiary/aromatic N) is 2. The van der Waals surface area contributed by atoms with E-state index in [1.165, 1.54) is 36.2 Å². The van der Waals surface area contributed by atoms with Crippen molar-refractivity contribution in [2.75, 3.05) is 11.1 Å². The summed E-state index contributed by atoms with van der Waals surface area (Å²) in [4.78, 5) is 31.9. The number of carbonyl (C=O) groups is 2. The molecule has 2 aromatic rings. The Morgan fingerprint density at radius 3 is 2.83 bits per heavy atom. The van der Waals surface area contributed by atoms with E-state index in [1.807, 2.05) is 0 Å². The van der Waals surface area contributed by atoms with E-state index in [-0.39, 0.29) is 16.8 Å². The van der Waals surface area contributed by atoms with E-state index in [9.17, 15) is 14.0 Å². The average Bonchev–Trinajstić information content (AvgIpc) is 3.38. The summed E-state index contributed by atoms with van der Waals surface area (Å²) < 4.78 is 14.7. The number of rotatable bonds is 3. The number of hydrogen-bond acceptors (Lipinski definition) is 5. The lowest BCUT2D eigenvalue weighted by Gasteiger charge is -2.16. The summed E-state index contributed by atoms with van der Waals surface area (Å²) in [5.41, 5.74) is 0.115. The van der Waals surface area contributed by atoms with Gasteiger partial charge in [0.1, 0.15) is 11.5 Å². The molecular formula is C19H16ClFN4O3S. The average molecular weight is 435 g/mol. The van der Waals surface area contributed by atoms with Crippen molar-refractivity contribution in [3.63, 3.8) is 0 Å². The highest BCUT2D eigenvalue weighted by Gasteiger charge is 2.57. The lowest BCUT2D eigenvalue weighted by Crippen LogP contribution is -2.28. The fourth-order valence-corrected chi connectivity index (χ4v) is 4.59. The number of carbonyl (C=O) groups excluding carboxylic acids is 1. The normalized spacial score (nSPS) is 22.7. The van der Waals surface area contributed by atoms with Crippen LogP contribution in [-0.2, 0) is 5.54 Å². The Hall–Kier alpha value is -2.65. The van der Waals surface area contributed by atoms with Gasteiger partial charge in [0.25, 0.3) is 5.91 Å². The first kappa shape index (κ1) is 19.7. The van der Waals surface area contributed by atoms with Crippen LogP contribution >= 0.6 is 23.4 Å². The standard InChI is InChI=1S/C19H16ClFN4O3S/c20-11-1-4-15(22-9-11)16(26)23-12-2-3-14(21)13(7-12)19-8-10(19)5-6-29-17(25-19)24-18(27)28/h1-4,7,9-10H,5-6,8H2,(H,23,26)(H,24,25)(H,27,28)/t10-,19+/m1/s1. The third kappa shape index (κ3) is 4.06. The van der Waals surface area contributed by atoms with Crippen molar-refractivity contribution in [2.45, 2.75) is 18.4 Å². The maximum Gasteiger partial charge on any atom is 0.410 e. The Morgan fingerprint density at radius 1 is 1.28 bits per heavy atom. The minimum Gasteiger partial charge on any atom is -0.465 e. The molecule has 1 aliphatic heterocycles. The van der Waals surface area contributed by atoms with Gasteiger partial charge in [0, 0.05) is 23.2 Å². The number of amides is 2. The molecule has 2 amide bonds. The number of anilines is 1. The minimum atomic E-state index is -1.21. The fraction of sp³-hybridized carbons (Fsp3) is 0.263. The highest BCUT2D eigenvalue weighted by molar-refractivity contribution is 8.13. The Bertz CT molecular complexity index is 1020. The summed E-state index contributed by atoms with van der Waals surface area (Å²) >= 11 is 7.09. The van der Waals surface area contributed by atoms with Crippen molar-refractivity contribution < 1.29 is 19.1 Å². The van der Waals surface area contributed by atoms with Crippen LogP contribution in [-0.4, -0.2) is 33.0 Å². The van der Waals surface area contributed by atoms with E-state index in [2.05, 4.69) is 20.6 Å². The lowest BCUT2D eigenvalue weighted by molar-refractivity contribution is 0.102. The molecule has 1 saturated carbocycles. The van der Waals surface area contributed by atoms with Crippen LogP contribution in [0.15, 0.2) is 41.5 Å². The Morgan fingerprint density at radius 2 is 2.10 bits per heavy atom. The third-order valence-electron chi connectivity index (χ3n) is 4.94. The highest BCUT2D eigenvalue weighted by Crippen LogP contribution is 2.59. The smallest absolute Gasteiger partial charge is 0.410 e. The molecule has 4 rings (SSSR count). The van der Waals surface area contributed by atoms with Gasteiger partial charge in [-0.1, -0.05) is 23.4 Å². The fourth-order valence-electron chi connectivity index (χ4n) is 3.49. The van der Waals surface area contributed by atoms with Crippen LogP contribution in [0.2, 0.25) is 5.02 Å². The largest absolute Gasteiger partial charge is 0.465 e. The van der Waals surface area contributed by atoms with Gasteiger partial charge in [-0.05, 0) is 49.1 Å². The first-order chi connectivity index (χ1) is 13.9. The maximum atomic E-state index is 14.7. The second-order valence-corrected chi connectivity index (χ2v) is 8.34. The van der Waals surface area contributed by atoms with Crippen LogP contribution in [0.25, 0.3) is 0 Å². The molecule has 0 unspecified atom stereocenters. The summed E-state index contributed by atoms with van der Waals surface area (Å²) in [6.07, 6.45) is 1.59. The molecule has 29 heavy (non-hydrogen) atoms. The van der Waals surface area contributed by atoms with Gasteiger partial charge in [0.15, 0.2) is 5.17 Å². The zero-order valence-electron chi connectivity index (χ0n) is 15.0. The van der Waals surface area contributed by atoms with Gasteiger partial charge in [-0.25, -0.2) is 14.2 Å². The molecule has 150 valence electrons. The number of pyridine rings is 1. The molecule has 0 bridgehead atoms. The van der Waals surface area contributed by atoms with Crippen molar-refractivity contribution in [3.8, 4) is 0 Å². The van der Waals surface area contributed by atoms with Gasteiger partial charge in [0.2, 0.25) is 0 Å². The van der Waals surface area contributed by atoms with Crippen LogP contribution in [0, 0.1) is 11.7 Å². The number of halogens is 2. The van der Waals surface area contributed by atoms with E-state index in [1.54, 1.807) is 12.1 Å². The van der Waals surface area contributed by atoms with Gasteiger partial charge in [-0.2, -0.15) is 0 Å². The molecule has 1 fully saturated rings. The van der Waals surface area contributed by atoms with Crippen LogP contribution in [0.5, 0.6) is 0 Å². The molecule has 1 aliphatic carbocycles. The van der Waals surface area contributed by atoms with E-state index in [0.29, 0.717) is 28.4 Å². The van der Waals surface area contributed by atoms with Gasteiger partial charge in [0.05, 0.1) is 10.6 Å². The van der Waals surface area contributed by atoms with Gasteiger partial charge in [-0.3, -0.25) is 15.1 Å². The van der Waals surface area contributed by atoms with Crippen LogP contribution in [0.1, 0.15) is 28.9 Å². The number of thioether (sulfide) groups is 1. The van der Waals surface area contributed by atoms with Crippen molar-refractivity contribution in [1.29, 1.82) is 0 Å². The lowest BCUT2D eigenvalue weighted by atomic mass is 10.0. The van der Waals surface area contributed by atoms with Crippen LogP contribution in [0.3, 0.4) is 0 Å². The molecule has 2 aliphatic rings. The first-order valence-corrected chi connectivity index (χ1v) is 10.2. The molecular weight excluding hydrogens is 419 g/mol. The predicted octanol–water partition coefficient (Wildman–Crippen LogP) is 4.10. The number of aliphatic imine (C=N–C) groups is 1. The summed E-state index contributed by atoms with van der Waals surface area (Å²) in [5, 5.41) is 14.7. The molecule has 10 heteroatoms. The summed E-state index contributed by atoms with van der Waals surface area (Å²) in [7, 11) is 0. The van der Waals surface area contributed by atoms with E-state index < -0.39 is 23.4 Å². The molecule has 7 nitrogen and oxygen atoms in total. The van der Waals surface area contributed by atoms with E-state index in [0.717, 1.165) is 6.42 Å². The maximum absolute atomic E-state index is 14.7. The summed E-state index contributed by atoms with van der Waals surface area (Å²) in [5.74, 6) is -0.0645. The molecule has 3 N–H and O–H groups in total. The molecule has 0 saturated heterocycles. The summed E-state index contributed by atoms with van der Waals surface area (Å²) in [6.45, 7) is 0. The number of hydrogen-bond donors (Lipinski definition) is 3. The Kier molecular flexibility index (Phi) is 5.18. The number of fused-ring (bicyclic) bond motifs is 1. The predicted molar refractivity (Wildman–Crippen MR) is 109 cm³/mol. The number of benzene rings is 1. The SMILES string of the molecule is O=C(O)NC1=N[C@@]2(c3cc(NC(=O)c4ccc(Cl)cn4)ccc3F)C[C@H]2CCS1. The molecule has 0 radical (unpaired) electrons. The number of nitrogens with one attached hydrogen (secondary N) is 2. The van der Waals surface area contributed by atoms with E-state index in [4.69, 9.17) is 16.7 Å². The molecule has 1 aromatic heterocycles. The Balaban J connectivity index is 1.62. The van der Waals surface area contributed by atoms with Crippen LogP contribution < -0.4 is 10.6 Å². The second kappa shape index (κ2) is 7.64. The van der Waals surface area contributed by atoms with E-state index >= 15 is 0 Å². The molecule has 2 heterocycles. The zero-order chi connectivity index (χ0) is 20.6. The number of amidine groups is 1. The van der Waals surface area contributed by atoms with Gasteiger partial charge >= 0.3 is 6.09 Å². The molecule has 2 atom stereocenters. The van der Waals surface area contributed by atoms with Gasteiger partial charge < -0.3 is 10.4 Å². The monoisotopic (exact) mass is 434 g/mol.